The molecule has 0 aliphatic carbocycles. The van der Waals surface area contributed by atoms with Gasteiger partial charge in [-0.1, -0.05) is 11.6 Å². The first-order valence-electron chi connectivity index (χ1n) is 10.6. The standard InChI is InChI=1S/C21H25FN4O5S/c1-15-13-18(31-23-15)21(28)25-11-9-24(10-12-25)20(27)16-5-6-17(22)19(14-16)32(29,30)26-7-3-2-4-8-26/h5-6,13-14H,2-4,7-12H2,1H3. The molecular weight excluding hydrogens is 439 g/mol. The average molecular weight is 465 g/mol. The van der Waals surface area contributed by atoms with E-state index in [4.69, 9.17) is 4.52 Å². The summed E-state index contributed by atoms with van der Waals surface area (Å²) < 4.78 is 46.6. The zero-order chi connectivity index (χ0) is 22.9. The van der Waals surface area contributed by atoms with Crippen LogP contribution in [0.5, 0.6) is 0 Å². The Labute approximate surface area is 185 Å². The summed E-state index contributed by atoms with van der Waals surface area (Å²) in [6.07, 6.45) is 2.41. The lowest BCUT2D eigenvalue weighted by Crippen LogP contribution is -2.50. The van der Waals surface area contributed by atoms with E-state index in [2.05, 4.69) is 5.16 Å². The van der Waals surface area contributed by atoms with Gasteiger partial charge < -0.3 is 14.3 Å². The van der Waals surface area contributed by atoms with Crippen LogP contribution in [0.3, 0.4) is 0 Å². The zero-order valence-electron chi connectivity index (χ0n) is 17.8. The molecule has 0 N–H and O–H groups in total. The first-order valence-corrected chi connectivity index (χ1v) is 12.0. The van der Waals surface area contributed by atoms with Gasteiger partial charge in [0.2, 0.25) is 15.8 Å². The summed E-state index contributed by atoms with van der Waals surface area (Å²) in [5.41, 5.74) is 0.710. The van der Waals surface area contributed by atoms with Crippen LogP contribution in [0.4, 0.5) is 4.39 Å². The molecule has 2 fully saturated rings. The quantitative estimate of drug-likeness (QED) is 0.685. The largest absolute Gasteiger partial charge is 0.351 e. The van der Waals surface area contributed by atoms with Crippen LogP contribution in [0.15, 0.2) is 33.7 Å². The lowest BCUT2D eigenvalue weighted by atomic mass is 10.1. The number of benzene rings is 1. The second-order valence-electron chi connectivity index (χ2n) is 8.03. The molecule has 0 atom stereocenters. The predicted molar refractivity (Wildman–Crippen MR) is 112 cm³/mol. The van der Waals surface area contributed by atoms with Gasteiger partial charge in [0.15, 0.2) is 0 Å². The Balaban J connectivity index is 1.46. The summed E-state index contributed by atoms with van der Waals surface area (Å²) in [7, 11) is -4.01. The molecule has 2 amide bonds. The first-order chi connectivity index (χ1) is 15.3. The molecule has 2 aromatic rings. The average Bonchev–Trinajstić information content (AvgIpc) is 3.25. The summed E-state index contributed by atoms with van der Waals surface area (Å²) in [6, 6.07) is 5.00. The summed E-state index contributed by atoms with van der Waals surface area (Å²) in [4.78, 5) is 28.1. The number of halogens is 1. The van der Waals surface area contributed by atoms with Crippen molar-refractivity contribution in [2.45, 2.75) is 31.1 Å². The molecule has 32 heavy (non-hydrogen) atoms. The first kappa shape index (κ1) is 22.4. The lowest BCUT2D eigenvalue weighted by molar-refractivity contribution is 0.0512. The van der Waals surface area contributed by atoms with E-state index < -0.39 is 26.6 Å². The number of carbonyl (C=O) groups excluding carboxylic acids is 2. The summed E-state index contributed by atoms with van der Waals surface area (Å²) >= 11 is 0. The van der Waals surface area contributed by atoms with Crippen LogP contribution >= 0.6 is 0 Å². The Morgan fingerprint density at radius 3 is 2.16 bits per heavy atom. The van der Waals surface area contributed by atoms with Gasteiger partial charge in [0.25, 0.3) is 11.8 Å². The normalized spacial score (nSPS) is 18.1. The maximum Gasteiger partial charge on any atom is 0.292 e. The van der Waals surface area contributed by atoms with Gasteiger partial charge >= 0.3 is 0 Å². The number of aromatic nitrogens is 1. The Kier molecular flexibility index (Phi) is 6.29. The van der Waals surface area contributed by atoms with Gasteiger partial charge in [-0.05, 0) is 38.0 Å². The van der Waals surface area contributed by atoms with E-state index in [0.29, 0.717) is 31.9 Å². The van der Waals surface area contributed by atoms with Crippen molar-refractivity contribution in [2.75, 3.05) is 39.3 Å². The number of carbonyl (C=O) groups is 2. The Morgan fingerprint density at radius 1 is 0.938 bits per heavy atom. The van der Waals surface area contributed by atoms with Crippen molar-refractivity contribution in [1.29, 1.82) is 0 Å². The third-order valence-corrected chi connectivity index (χ3v) is 7.72. The summed E-state index contributed by atoms with van der Waals surface area (Å²) in [5, 5.41) is 3.71. The van der Waals surface area contributed by atoms with Crippen LogP contribution in [-0.4, -0.2) is 78.8 Å². The number of piperidine rings is 1. The van der Waals surface area contributed by atoms with Gasteiger partial charge in [-0.25, -0.2) is 12.8 Å². The maximum atomic E-state index is 14.4. The SMILES string of the molecule is Cc1cc(C(=O)N2CCN(C(=O)c3ccc(F)c(S(=O)(=O)N4CCCCC4)c3)CC2)on1. The fourth-order valence-corrected chi connectivity index (χ4v) is 5.60. The van der Waals surface area contributed by atoms with Gasteiger partial charge in [0, 0.05) is 50.9 Å². The van der Waals surface area contributed by atoms with E-state index in [-0.39, 0.29) is 30.3 Å². The van der Waals surface area contributed by atoms with E-state index in [1.165, 1.54) is 15.3 Å². The number of amides is 2. The molecule has 9 nitrogen and oxygen atoms in total. The lowest BCUT2D eigenvalue weighted by Gasteiger charge is -2.34. The molecule has 1 aromatic carbocycles. The van der Waals surface area contributed by atoms with Crippen LogP contribution in [0, 0.1) is 12.7 Å². The van der Waals surface area contributed by atoms with E-state index >= 15 is 0 Å². The number of rotatable bonds is 4. The molecule has 0 radical (unpaired) electrons. The molecular formula is C21H25FN4O5S. The minimum Gasteiger partial charge on any atom is -0.351 e. The molecule has 0 spiro atoms. The number of aryl methyl sites for hydroxylation is 1. The molecule has 1 aromatic heterocycles. The van der Waals surface area contributed by atoms with Crippen LogP contribution in [-0.2, 0) is 10.0 Å². The van der Waals surface area contributed by atoms with Crippen LogP contribution in [0.25, 0.3) is 0 Å². The smallest absolute Gasteiger partial charge is 0.292 e. The Bertz CT molecular complexity index is 1120. The highest BCUT2D eigenvalue weighted by atomic mass is 32.2. The van der Waals surface area contributed by atoms with Gasteiger partial charge in [-0.2, -0.15) is 4.31 Å². The number of hydrogen-bond donors (Lipinski definition) is 0. The third kappa shape index (κ3) is 4.40. The maximum absolute atomic E-state index is 14.4. The van der Waals surface area contributed by atoms with Crippen molar-refractivity contribution >= 4 is 21.8 Å². The highest BCUT2D eigenvalue weighted by Gasteiger charge is 2.31. The highest BCUT2D eigenvalue weighted by molar-refractivity contribution is 7.89. The molecule has 0 unspecified atom stereocenters. The number of nitrogens with zero attached hydrogens (tertiary/aromatic N) is 4. The van der Waals surface area contributed by atoms with Crippen molar-refractivity contribution in [1.82, 2.24) is 19.3 Å². The summed E-state index contributed by atoms with van der Waals surface area (Å²) in [5.74, 6) is -1.42. The molecule has 3 heterocycles. The Morgan fingerprint density at radius 2 is 1.56 bits per heavy atom. The van der Waals surface area contributed by atoms with Crippen LogP contribution in [0.1, 0.15) is 45.9 Å². The molecule has 0 bridgehead atoms. The molecule has 4 rings (SSSR count). The van der Waals surface area contributed by atoms with Crippen molar-refractivity contribution in [2.24, 2.45) is 0 Å². The van der Waals surface area contributed by atoms with Gasteiger partial charge in [-0.3, -0.25) is 9.59 Å². The second-order valence-corrected chi connectivity index (χ2v) is 9.93. The van der Waals surface area contributed by atoms with Crippen molar-refractivity contribution in [3.8, 4) is 0 Å². The van der Waals surface area contributed by atoms with E-state index in [1.54, 1.807) is 17.9 Å². The summed E-state index contributed by atoms with van der Waals surface area (Å²) in [6.45, 7) is 3.54. The Hall–Kier alpha value is -2.79. The van der Waals surface area contributed by atoms with Gasteiger partial charge in [0.05, 0.1) is 5.69 Å². The van der Waals surface area contributed by atoms with E-state index in [1.807, 2.05) is 0 Å². The molecule has 2 aliphatic rings. The zero-order valence-corrected chi connectivity index (χ0v) is 18.6. The van der Waals surface area contributed by atoms with Crippen LogP contribution in [0.2, 0.25) is 0 Å². The fourth-order valence-electron chi connectivity index (χ4n) is 3.99. The highest BCUT2D eigenvalue weighted by Crippen LogP contribution is 2.25. The van der Waals surface area contributed by atoms with E-state index in [0.717, 1.165) is 31.4 Å². The van der Waals surface area contributed by atoms with Gasteiger partial charge in [0.1, 0.15) is 10.7 Å². The number of sulfonamides is 1. The number of hydrogen-bond acceptors (Lipinski definition) is 6. The molecule has 0 saturated carbocycles. The van der Waals surface area contributed by atoms with E-state index in [9.17, 15) is 22.4 Å². The predicted octanol–water partition coefficient (Wildman–Crippen LogP) is 1.89. The van der Waals surface area contributed by atoms with Crippen molar-refractivity contribution in [3.63, 3.8) is 0 Å². The molecule has 2 aliphatic heterocycles. The van der Waals surface area contributed by atoms with Crippen molar-refractivity contribution < 1.29 is 26.9 Å². The third-order valence-electron chi connectivity index (χ3n) is 5.80. The second kappa shape index (κ2) is 8.99. The van der Waals surface area contributed by atoms with Crippen molar-refractivity contribution in [3.05, 3.63) is 47.1 Å². The molecule has 172 valence electrons. The van der Waals surface area contributed by atoms with Gasteiger partial charge in [-0.15, -0.1) is 0 Å². The number of piperazine rings is 1. The minimum atomic E-state index is -4.01. The van der Waals surface area contributed by atoms with Crippen LogP contribution < -0.4 is 0 Å². The monoisotopic (exact) mass is 464 g/mol. The fraction of sp³-hybridized carbons (Fsp3) is 0.476. The minimum absolute atomic E-state index is 0.104. The molecule has 2 saturated heterocycles. The topological polar surface area (TPSA) is 104 Å². The molecule has 11 heteroatoms.